The highest BCUT2D eigenvalue weighted by atomic mass is 35.5. The Morgan fingerprint density at radius 2 is 1.69 bits per heavy atom. The van der Waals surface area contributed by atoms with E-state index in [0.717, 1.165) is 12.0 Å². The SMILES string of the molecule is CCc1ccc(C(=O)NNC(=O)c2nn(-c3ccccc3Cl)c(C)cc2=O)cc1. The lowest BCUT2D eigenvalue weighted by molar-refractivity contribution is 0.0842. The number of para-hydroxylation sites is 1. The Morgan fingerprint density at radius 1 is 1.03 bits per heavy atom. The lowest BCUT2D eigenvalue weighted by Crippen LogP contribution is -2.44. The second-order valence-electron chi connectivity index (χ2n) is 6.32. The highest BCUT2D eigenvalue weighted by Gasteiger charge is 2.17. The number of aryl methyl sites for hydroxylation is 2. The minimum atomic E-state index is -0.825. The number of halogens is 1. The maximum Gasteiger partial charge on any atom is 0.294 e. The van der Waals surface area contributed by atoms with E-state index in [1.165, 1.54) is 10.7 Å². The molecular weight excluding hydrogens is 392 g/mol. The van der Waals surface area contributed by atoms with Gasteiger partial charge in [0.25, 0.3) is 11.8 Å². The summed E-state index contributed by atoms with van der Waals surface area (Å²) in [7, 11) is 0. The first-order valence-corrected chi connectivity index (χ1v) is 9.34. The molecule has 0 bridgehead atoms. The van der Waals surface area contributed by atoms with Crippen LogP contribution >= 0.6 is 11.6 Å². The van der Waals surface area contributed by atoms with Gasteiger partial charge in [-0.25, -0.2) is 4.68 Å². The van der Waals surface area contributed by atoms with Crippen LogP contribution in [0, 0.1) is 6.92 Å². The molecule has 0 fully saturated rings. The average molecular weight is 411 g/mol. The van der Waals surface area contributed by atoms with E-state index in [1.54, 1.807) is 43.3 Å². The van der Waals surface area contributed by atoms with Crippen molar-refractivity contribution in [2.45, 2.75) is 20.3 Å². The fourth-order valence-electron chi connectivity index (χ4n) is 2.71. The summed E-state index contributed by atoms with van der Waals surface area (Å²) in [5.74, 6) is -1.33. The normalized spacial score (nSPS) is 10.4. The van der Waals surface area contributed by atoms with Crippen LogP contribution in [0.25, 0.3) is 5.69 Å². The predicted molar refractivity (Wildman–Crippen MR) is 110 cm³/mol. The number of rotatable bonds is 4. The van der Waals surface area contributed by atoms with E-state index in [1.807, 2.05) is 19.1 Å². The van der Waals surface area contributed by atoms with Crippen molar-refractivity contribution >= 4 is 23.4 Å². The molecule has 7 nitrogen and oxygen atoms in total. The molecule has 0 aliphatic rings. The van der Waals surface area contributed by atoms with Crippen molar-refractivity contribution in [3.63, 3.8) is 0 Å². The van der Waals surface area contributed by atoms with Crippen LogP contribution in [-0.4, -0.2) is 21.6 Å². The largest absolute Gasteiger partial charge is 0.294 e. The minimum Gasteiger partial charge on any atom is -0.287 e. The third-order valence-electron chi connectivity index (χ3n) is 4.32. The van der Waals surface area contributed by atoms with Gasteiger partial charge >= 0.3 is 0 Å². The lowest BCUT2D eigenvalue weighted by Gasteiger charge is -2.13. The third kappa shape index (κ3) is 4.52. The number of hydrogen-bond acceptors (Lipinski definition) is 4. The van der Waals surface area contributed by atoms with E-state index in [0.29, 0.717) is 22.0 Å². The Labute approximate surface area is 172 Å². The first-order valence-electron chi connectivity index (χ1n) is 8.96. The standard InChI is InChI=1S/C21H19ClN4O3/c1-3-14-8-10-15(11-9-14)20(28)23-24-21(29)19-18(27)12-13(2)26(25-19)17-7-5-4-6-16(17)22/h4-12H,3H2,1-2H3,(H,23,28)(H,24,29). The molecule has 0 unspecified atom stereocenters. The molecule has 2 aromatic carbocycles. The molecule has 0 saturated carbocycles. The van der Waals surface area contributed by atoms with Gasteiger partial charge in [-0.1, -0.05) is 42.8 Å². The van der Waals surface area contributed by atoms with E-state index in [9.17, 15) is 14.4 Å². The molecule has 2 amide bonds. The molecule has 148 valence electrons. The second-order valence-corrected chi connectivity index (χ2v) is 6.73. The van der Waals surface area contributed by atoms with Gasteiger partial charge in [-0.2, -0.15) is 5.10 Å². The topological polar surface area (TPSA) is 93.1 Å². The van der Waals surface area contributed by atoms with Crippen molar-refractivity contribution in [3.8, 4) is 5.69 Å². The molecular formula is C21H19ClN4O3. The molecule has 0 saturated heterocycles. The summed E-state index contributed by atoms with van der Waals surface area (Å²) in [6.45, 7) is 3.69. The third-order valence-corrected chi connectivity index (χ3v) is 4.64. The number of carbonyl (C=O) groups is 2. The summed E-state index contributed by atoms with van der Waals surface area (Å²) >= 11 is 6.20. The second kappa shape index (κ2) is 8.70. The van der Waals surface area contributed by atoms with Crippen LogP contribution in [0.1, 0.15) is 39.0 Å². The Bertz CT molecular complexity index is 1120. The van der Waals surface area contributed by atoms with Crippen LogP contribution in [0.3, 0.4) is 0 Å². The zero-order valence-electron chi connectivity index (χ0n) is 15.9. The van der Waals surface area contributed by atoms with Crippen LogP contribution in [0.2, 0.25) is 5.02 Å². The van der Waals surface area contributed by atoms with Crippen LogP contribution in [-0.2, 0) is 6.42 Å². The number of amides is 2. The van der Waals surface area contributed by atoms with E-state index < -0.39 is 17.2 Å². The monoisotopic (exact) mass is 410 g/mol. The molecule has 3 aromatic rings. The van der Waals surface area contributed by atoms with Crippen molar-refractivity contribution < 1.29 is 9.59 Å². The number of nitrogens with zero attached hydrogens (tertiary/aromatic N) is 2. The molecule has 0 atom stereocenters. The fraction of sp³-hybridized carbons (Fsp3) is 0.143. The Kier molecular flexibility index (Phi) is 6.09. The van der Waals surface area contributed by atoms with Gasteiger partial charge in [0, 0.05) is 17.3 Å². The molecule has 3 rings (SSSR count). The Balaban J connectivity index is 1.80. The predicted octanol–water partition coefficient (Wildman–Crippen LogP) is 2.83. The maximum atomic E-state index is 12.4. The van der Waals surface area contributed by atoms with E-state index in [-0.39, 0.29) is 5.69 Å². The van der Waals surface area contributed by atoms with Crippen LogP contribution in [0.4, 0.5) is 0 Å². The molecule has 8 heteroatoms. The average Bonchev–Trinajstić information content (AvgIpc) is 2.72. The smallest absolute Gasteiger partial charge is 0.287 e. The zero-order valence-corrected chi connectivity index (χ0v) is 16.7. The molecule has 0 aliphatic heterocycles. The van der Waals surface area contributed by atoms with Gasteiger partial charge in [0.15, 0.2) is 5.69 Å². The van der Waals surface area contributed by atoms with E-state index >= 15 is 0 Å². The van der Waals surface area contributed by atoms with Crippen LogP contribution in [0.5, 0.6) is 0 Å². The lowest BCUT2D eigenvalue weighted by atomic mass is 10.1. The van der Waals surface area contributed by atoms with Crippen molar-refractivity contribution in [2.75, 3.05) is 0 Å². The van der Waals surface area contributed by atoms with E-state index in [2.05, 4.69) is 16.0 Å². The summed E-state index contributed by atoms with van der Waals surface area (Å²) in [5.41, 5.74) is 6.11. The molecule has 2 N–H and O–H groups in total. The molecule has 29 heavy (non-hydrogen) atoms. The fourth-order valence-corrected chi connectivity index (χ4v) is 2.92. The van der Waals surface area contributed by atoms with Crippen molar-refractivity contribution in [3.05, 3.63) is 92.4 Å². The van der Waals surface area contributed by atoms with Crippen molar-refractivity contribution in [2.24, 2.45) is 0 Å². The van der Waals surface area contributed by atoms with Crippen molar-refractivity contribution in [1.82, 2.24) is 20.6 Å². The van der Waals surface area contributed by atoms with Gasteiger partial charge in [0.05, 0.1) is 10.7 Å². The summed E-state index contributed by atoms with van der Waals surface area (Å²) in [4.78, 5) is 36.9. The van der Waals surface area contributed by atoms with Gasteiger partial charge in [-0.05, 0) is 43.2 Å². The summed E-state index contributed by atoms with van der Waals surface area (Å²) in [5, 5.41) is 4.55. The molecule has 0 spiro atoms. The van der Waals surface area contributed by atoms with Gasteiger partial charge in [-0.3, -0.25) is 25.2 Å². The zero-order chi connectivity index (χ0) is 21.0. The number of aromatic nitrogens is 2. The quantitative estimate of drug-likeness (QED) is 0.647. The summed E-state index contributed by atoms with van der Waals surface area (Å²) < 4.78 is 1.41. The van der Waals surface area contributed by atoms with Gasteiger partial charge in [0.2, 0.25) is 5.43 Å². The number of hydrazine groups is 1. The minimum absolute atomic E-state index is 0.364. The van der Waals surface area contributed by atoms with Gasteiger partial charge in [0.1, 0.15) is 0 Å². The van der Waals surface area contributed by atoms with Crippen molar-refractivity contribution in [1.29, 1.82) is 0 Å². The summed E-state index contributed by atoms with van der Waals surface area (Å²) in [6.07, 6.45) is 0.857. The number of nitrogens with one attached hydrogen (secondary N) is 2. The first kappa shape index (κ1) is 20.3. The number of hydrogen-bond donors (Lipinski definition) is 2. The highest BCUT2D eigenvalue weighted by Crippen LogP contribution is 2.19. The number of benzene rings is 2. The van der Waals surface area contributed by atoms with E-state index in [4.69, 9.17) is 11.6 Å². The molecule has 1 aromatic heterocycles. The van der Waals surface area contributed by atoms with Gasteiger partial charge in [-0.15, -0.1) is 0 Å². The molecule has 1 heterocycles. The van der Waals surface area contributed by atoms with Gasteiger partial charge < -0.3 is 0 Å². The summed E-state index contributed by atoms with van der Waals surface area (Å²) in [6, 6.07) is 15.2. The Morgan fingerprint density at radius 3 is 2.34 bits per heavy atom. The maximum absolute atomic E-state index is 12.4. The molecule has 0 aliphatic carbocycles. The first-order chi connectivity index (χ1) is 13.9. The number of carbonyl (C=O) groups excluding carboxylic acids is 2. The van der Waals surface area contributed by atoms with Crippen LogP contribution < -0.4 is 16.3 Å². The van der Waals surface area contributed by atoms with Crippen LogP contribution in [0.15, 0.2) is 59.4 Å². The Hall–Kier alpha value is -3.45. The highest BCUT2D eigenvalue weighted by molar-refractivity contribution is 6.32. The molecule has 0 radical (unpaired) electrons.